The molecule has 0 fully saturated rings. The average molecular weight is 506 g/mol. The van der Waals surface area contributed by atoms with Gasteiger partial charge in [0.25, 0.3) is 0 Å². The van der Waals surface area contributed by atoms with Gasteiger partial charge in [0.15, 0.2) is 11.5 Å². The molecule has 1 aliphatic rings. The summed E-state index contributed by atoms with van der Waals surface area (Å²) in [7, 11) is -3.81. The summed E-state index contributed by atoms with van der Waals surface area (Å²) < 4.78 is 47.4. The van der Waals surface area contributed by atoms with Gasteiger partial charge in [-0.25, -0.2) is 17.8 Å². The number of hydrogen-bond acceptors (Lipinski definition) is 6. The number of nitrogens with zero attached hydrogens (tertiary/aromatic N) is 2. The van der Waals surface area contributed by atoms with Crippen LogP contribution in [0, 0.1) is 0 Å². The lowest BCUT2D eigenvalue weighted by atomic mass is 10.1. The first-order valence-electron chi connectivity index (χ1n) is 11.8. The summed E-state index contributed by atoms with van der Waals surface area (Å²) in [5, 5.41) is 4.78. The molecule has 0 unspecified atom stereocenters. The number of sulfonamides is 1. The number of fused-ring (bicyclic) bond motifs is 1. The number of aromatic nitrogens is 2. The van der Waals surface area contributed by atoms with Gasteiger partial charge in [0.1, 0.15) is 19.0 Å². The molecule has 0 spiro atoms. The number of benzene rings is 3. The standard InChI is InChI=1S/C27H27N3O5S/c1-2-14-33-23-10-8-20(9-11-23)27-21(19-30(29-27)22-6-4-3-5-7-22)18-28-36(31,32)24-12-13-25-26(17-24)35-16-15-34-25/h3-13,17,19,28H,2,14-16,18H2,1H3. The molecule has 0 saturated carbocycles. The lowest BCUT2D eigenvalue weighted by molar-refractivity contribution is 0.171. The van der Waals surface area contributed by atoms with Crippen molar-refractivity contribution in [1.82, 2.24) is 14.5 Å². The van der Waals surface area contributed by atoms with Gasteiger partial charge in [0, 0.05) is 29.9 Å². The lowest BCUT2D eigenvalue weighted by Gasteiger charge is -2.18. The minimum atomic E-state index is -3.81. The third-order valence-electron chi connectivity index (χ3n) is 5.69. The van der Waals surface area contributed by atoms with Crippen molar-refractivity contribution in [2.45, 2.75) is 24.8 Å². The largest absolute Gasteiger partial charge is 0.494 e. The van der Waals surface area contributed by atoms with Gasteiger partial charge in [0.2, 0.25) is 10.0 Å². The maximum atomic E-state index is 13.1. The molecule has 36 heavy (non-hydrogen) atoms. The van der Waals surface area contributed by atoms with Gasteiger partial charge in [-0.2, -0.15) is 5.10 Å². The van der Waals surface area contributed by atoms with E-state index in [-0.39, 0.29) is 11.4 Å². The SMILES string of the molecule is CCCOc1ccc(-c2nn(-c3ccccc3)cc2CNS(=O)(=O)c2ccc3c(c2)OCCO3)cc1. The normalized spacial score (nSPS) is 12.9. The molecule has 0 atom stereocenters. The first kappa shape index (κ1) is 23.9. The van der Waals surface area contributed by atoms with Crippen LogP contribution >= 0.6 is 0 Å². The van der Waals surface area contributed by atoms with Crippen LogP contribution in [0.25, 0.3) is 16.9 Å². The molecular weight excluding hydrogens is 478 g/mol. The maximum absolute atomic E-state index is 13.1. The van der Waals surface area contributed by atoms with Crippen molar-refractivity contribution >= 4 is 10.0 Å². The Labute approximate surface area is 210 Å². The van der Waals surface area contributed by atoms with E-state index < -0.39 is 10.0 Å². The lowest BCUT2D eigenvalue weighted by Crippen LogP contribution is -2.24. The zero-order valence-electron chi connectivity index (χ0n) is 19.9. The van der Waals surface area contributed by atoms with Gasteiger partial charge in [-0.3, -0.25) is 0 Å². The van der Waals surface area contributed by atoms with Gasteiger partial charge >= 0.3 is 0 Å². The predicted molar refractivity (Wildman–Crippen MR) is 136 cm³/mol. The van der Waals surface area contributed by atoms with Crippen LogP contribution in [0.2, 0.25) is 0 Å². The Hall–Kier alpha value is -3.82. The van der Waals surface area contributed by atoms with E-state index >= 15 is 0 Å². The summed E-state index contributed by atoms with van der Waals surface area (Å²) in [6.45, 7) is 3.59. The minimum absolute atomic E-state index is 0.0625. The molecule has 5 rings (SSSR count). The maximum Gasteiger partial charge on any atom is 0.241 e. The fraction of sp³-hybridized carbons (Fsp3) is 0.222. The van der Waals surface area contributed by atoms with E-state index in [9.17, 15) is 8.42 Å². The third kappa shape index (κ3) is 5.22. The van der Waals surface area contributed by atoms with Crippen LogP contribution in [0.3, 0.4) is 0 Å². The number of nitrogens with one attached hydrogen (secondary N) is 1. The quantitative estimate of drug-likeness (QED) is 0.358. The Kier molecular flexibility index (Phi) is 6.92. The fourth-order valence-electron chi connectivity index (χ4n) is 3.87. The first-order valence-corrected chi connectivity index (χ1v) is 13.3. The molecule has 3 aromatic carbocycles. The van der Waals surface area contributed by atoms with Crippen LogP contribution < -0.4 is 18.9 Å². The third-order valence-corrected chi connectivity index (χ3v) is 7.09. The van der Waals surface area contributed by atoms with Crippen LogP contribution in [0.5, 0.6) is 17.2 Å². The summed E-state index contributed by atoms with van der Waals surface area (Å²) in [5.74, 6) is 1.74. The summed E-state index contributed by atoms with van der Waals surface area (Å²) in [6.07, 6.45) is 2.77. The Morgan fingerprint density at radius 1 is 0.972 bits per heavy atom. The van der Waals surface area contributed by atoms with Crippen LogP contribution in [-0.4, -0.2) is 38.0 Å². The van der Waals surface area contributed by atoms with Crippen molar-refractivity contribution < 1.29 is 22.6 Å². The summed E-state index contributed by atoms with van der Waals surface area (Å²) in [4.78, 5) is 0.112. The van der Waals surface area contributed by atoms with Crippen LogP contribution in [0.4, 0.5) is 0 Å². The molecule has 8 nitrogen and oxygen atoms in total. The first-order chi connectivity index (χ1) is 17.5. The van der Waals surface area contributed by atoms with E-state index in [4.69, 9.17) is 19.3 Å². The summed E-state index contributed by atoms with van der Waals surface area (Å²) >= 11 is 0. The van der Waals surface area contributed by atoms with Gasteiger partial charge in [-0.05, 0) is 55.0 Å². The zero-order chi connectivity index (χ0) is 25.0. The molecule has 1 aromatic heterocycles. The number of hydrogen-bond donors (Lipinski definition) is 1. The second-order valence-electron chi connectivity index (χ2n) is 8.29. The van der Waals surface area contributed by atoms with Gasteiger partial charge < -0.3 is 14.2 Å². The number of para-hydroxylation sites is 1. The predicted octanol–water partition coefficient (Wildman–Crippen LogP) is 4.58. The molecule has 0 bridgehead atoms. The minimum Gasteiger partial charge on any atom is -0.494 e. The van der Waals surface area contributed by atoms with Crippen LogP contribution in [0.15, 0.2) is 83.9 Å². The molecule has 0 radical (unpaired) electrons. The van der Waals surface area contributed by atoms with Crippen molar-refractivity contribution in [3.05, 3.63) is 84.6 Å². The molecule has 0 aliphatic carbocycles. The van der Waals surface area contributed by atoms with Crippen molar-refractivity contribution in [3.8, 4) is 34.2 Å². The van der Waals surface area contributed by atoms with E-state index in [1.54, 1.807) is 10.7 Å². The Bertz CT molecular complexity index is 1430. The van der Waals surface area contributed by atoms with Crippen LogP contribution in [-0.2, 0) is 16.6 Å². The van der Waals surface area contributed by atoms with Gasteiger partial charge in [-0.15, -0.1) is 0 Å². The van der Waals surface area contributed by atoms with E-state index in [0.29, 0.717) is 37.0 Å². The summed E-state index contributed by atoms with van der Waals surface area (Å²) in [6, 6.07) is 22.0. The van der Waals surface area contributed by atoms with E-state index in [2.05, 4.69) is 11.6 Å². The van der Waals surface area contributed by atoms with Crippen molar-refractivity contribution in [2.75, 3.05) is 19.8 Å². The molecule has 186 valence electrons. The summed E-state index contributed by atoms with van der Waals surface area (Å²) in [5.41, 5.74) is 3.16. The smallest absolute Gasteiger partial charge is 0.241 e. The fourth-order valence-corrected chi connectivity index (χ4v) is 4.89. The van der Waals surface area contributed by atoms with Crippen molar-refractivity contribution in [2.24, 2.45) is 0 Å². The van der Waals surface area contributed by atoms with Gasteiger partial charge in [-0.1, -0.05) is 25.1 Å². The van der Waals surface area contributed by atoms with E-state index in [1.807, 2.05) is 60.8 Å². The molecule has 0 amide bonds. The average Bonchev–Trinajstić information content (AvgIpc) is 3.36. The molecule has 2 heterocycles. The van der Waals surface area contributed by atoms with E-state index in [1.165, 1.54) is 12.1 Å². The molecule has 4 aromatic rings. The van der Waals surface area contributed by atoms with Crippen molar-refractivity contribution in [3.63, 3.8) is 0 Å². The highest BCUT2D eigenvalue weighted by Gasteiger charge is 2.21. The Morgan fingerprint density at radius 2 is 1.72 bits per heavy atom. The molecular formula is C27H27N3O5S. The van der Waals surface area contributed by atoms with Crippen molar-refractivity contribution in [1.29, 1.82) is 0 Å². The van der Waals surface area contributed by atoms with Crippen LogP contribution in [0.1, 0.15) is 18.9 Å². The number of ether oxygens (including phenoxy) is 3. The topological polar surface area (TPSA) is 91.7 Å². The Balaban J connectivity index is 1.43. The molecule has 1 aliphatic heterocycles. The number of rotatable bonds is 9. The zero-order valence-corrected chi connectivity index (χ0v) is 20.7. The molecule has 0 saturated heterocycles. The monoisotopic (exact) mass is 505 g/mol. The highest BCUT2D eigenvalue weighted by molar-refractivity contribution is 7.89. The van der Waals surface area contributed by atoms with E-state index in [0.717, 1.165) is 29.0 Å². The Morgan fingerprint density at radius 3 is 2.47 bits per heavy atom. The second-order valence-corrected chi connectivity index (χ2v) is 10.1. The highest BCUT2D eigenvalue weighted by atomic mass is 32.2. The molecule has 9 heteroatoms. The van der Waals surface area contributed by atoms with Gasteiger partial charge in [0.05, 0.1) is 22.9 Å². The molecule has 1 N–H and O–H groups in total. The second kappa shape index (κ2) is 10.4. The highest BCUT2D eigenvalue weighted by Crippen LogP contribution is 2.32.